The molecule has 0 aliphatic rings. The number of anilines is 2. The number of aromatic carboxylic acids is 1. The Balaban J connectivity index is 0.00000160. The van der Waals surface area contributed by atoms with E-state index in [1.165, 1.54) is 36.5 Å². The molecule has 0 saturated heterocycles. The number of carboxylic acid groups (broad SMARTS) is 1. The summed E-state index contributed by atoms with van der Waals surface area (Å²) >= 11 is 5.96. The molecule has 4 aromatic rings. The fourth-order valence-electron chi connectivity index (χ4n) is 2.81. The van der Waals surface area contributed by atoms with E-state index in [0.29, 0.717) is 27.6 Å². The van der Waals surface area contributed by atoms with Crippen LogP contribution in [0.25, 0.3) is 22.2 Å². The number of rotatable bonds is 4. The molecule has 2 heterocycles. The molecule has 0 aliphatic heterocycles. The minimum atomic E-state index is -1.02. The summed E-state index contributed by atoms with van der Waals surface area (Å²) in [5.41, 5.74) is 2.55. The van der Waals surface area contributed by atoms with Crippen molar-refractivity contribution in [2.75, 3.05) is 5.32 Å². The Morgan fingerprint density at radius 2 is 1.97 bits per heavy atom. The Morgan fingerprint density at radius 1 is 1.14 bits per heavy atom. The zero-order valence-electron chi connectivity index (χ0n) is 16.2. The first-order valence-electron chi connectivity index (χ1n) is 8.18. The van der Waals surface area contributed by atoms with E-state index in [-0.39, 0.29) is 31.4 Å². The molecule has 140 valence electrons. The minimum absolute atomic E-state index is 0. The van der Waals surface area contributed by atoms with E-state index in [9.17, 15) is 9.18 Å². The van der Waals surface area contributed by atoms with Gasteiger partial charge in [0.05, 0.1) is 28.7 Å². The van der Waals surface area contributed by atoms with E-state index in [1.54, 1.807) is 24.4 Å². The quantitative estimate of drug-likeness (QED) is 0.508. The van der Waals surface area contributed by atoms with E-state index in [4.69, 9.17) is 16.7 Å². The fourth-order valence-corrected chi connectivity index (χ4v) is 2.98. The number of hydrogen-bond acceptors (Lipinski definition) is 5. The molecule has 0 radical (unpaired) electrons. The largest absolute Gasteiger partial charge is 1.00 e. The SMILES string of the molecule is O=C(O)c1ccc2c(Nc3cnnc(-c4cc(Cl)ccc4F)c3)ccnc2c1.[H-].[Li+]. The van der Waals surface area contributed by atoms with Crippen LogP contribution in [0.5, 0.6) is 0 Å². The molecule has 0 atom stereocenters. The molecule has 2 aromatic carbocycles. The van der Waals surface area contributed by atoms with E-state index < -0.39 is 11.8 Å². The van der Waals surface area contributed by atoms with E-state index in [1.807, 2.05) is 0 Å². The summed E-state index contributed by atoms with van der Waals surface area (Å²) in [5.74, 6) is -1.47. The number of fused-ring (bicyclic) bond motifs is 1. The smallest absolute Gasteiger partial charge is 1.00 e. The van der Waals surface area contributed by atoms with Crippen LogP contribution in [-0.2, 0) is 0 Å². The van der Waals surface area contributed by atoms with Gasteiger partial charge in [-0.15, -0.1) is 0 Å². The third-order valence-corrected chi connectivity index (χ3v) is 4.36. The molecule has 0 saturated carbocycles. The van der Waals surface area contributed by atoms with Gasteiger partial charge in [-0.3, -0.25) is 4.98 Å². The number of nitrogens with one attached hydrogen (secondary N) is 1. The van der Waals surface area contributed by atoms with Crippen molar-refractivity contribution in [3.8, 4) is 11.3 Å². The average Bonchev–Trinajstić information content (AvgIpc) is 2.70. The summed E-state index contributed by atoms with van der Waals surface area (Å²) in [6.45, 7) is 0. The molecule has 6 nitrogen and oxygen atoms in total. The van der Waals surface area contributed by atoms with Crippen molar-refractivity contribution in [3.05, 3.63) is 77.3 Å². The Morgan fingerprint density at radius 3 is 2.76 bits per heavy atom. The maximum Gasteiger partial charge on any atom is 1.00 e. The summed E-state index contributed by atoms with van der Waals surface area (Å²) in [6, 6.07) is 12.3. The van der Waals surface area contributed by atoms with Crippen molar-refractivity contribution in [2.24, 2.45) is 0 Å². The second-order valence-corrected chi connectivity index (χ2v) is 6.41. The molecule has 2 N–H and O–H groups in total. The van der Waals surface area contributed by atoms with Gasteiger partial charge in [0, 0.05) is 27.9 Å². The van der Waals surface area contributed by atoms with Gasteiger partial charge in [-0.25, -0.2) is 9.18 Å². The molecule has 2 aromatic heterocycles. The molecule has 0 spiro atoms. The number of halogens is 2. The molecule has 0 unspecified atom stereocenters. The first-order valence-corrected chi connectivity index (χ1v) is 8.56. The van der Waals surface area contributed by atoms with Crippen LogP contribution in [0.3, 0.4) is 0 Å². The van der Waals surface area contributed by atoms with Crippen LogP contribution in [0.2, 0.25) is 5.02 Å². The number of pyridine rings is 1. The number of nitrogens with zero attached hydrogens (tertiary/aromatic N) is 3. The predicted octanol–water partition coefficient (Wildman–Crippen LogP) is 2.04. The molecule has 29 heavy (non-hydrogen) atoms. The number of carbonyl (C=O) groups is 1. The van der Waals surface area contributed by atoms with Crippen molar-refractivity contribution in [2.45, 2.75) is 0 Å². The molecule has 9 heteroatoms. The molecule has 0 amide bonds. The number of benzene rings is 2. The zero-order chi connectivity index (χ0) is 19.7. The maximum atomic E-state index is 14.1. The van der Waals surface area contributed by atoms with E-state index in [2.05, 4.69) is 20.5 Å². The Bertz CT molecular complexity index is 1230. The number of hydrogen-bond donors (Lipinski definition) is 2. The van der Waals surface area contributed by atoms with Crippen LogP contribution in [0.4, 0.5) is 15.8 Å². The first-order chi connectivity index (χ1) is 13.5. The van der Waals surface area contributed by atoms with Crippen LogP contribution in [0.1, 0.15) is 11.8 Å². The van der Waals surface area contributed by atoms with Crippen LogP contribution >= 0.6 is 11.6 Å². The molecule has 0 fully saturated rings. The van der Waals surface area contributed by atoms with Crippen molar-refractivity contribution in [3.63, 3.8) is 0 Å². The summed E-state index contributed by atoms with van der Waals surface area (Å²) in [6.07, 6.45) is 3.08. The van der Waals surface area contributed by atoms with Crippen LogP contribution < -0.4 is 24.2 Å². The minimum Gasteiger partial charge on any atom is -1.00 e. The molecular formula is C20H13ClFLiN4O2. The standard InChI is InChI=1S/C20H12ClFN4O2.Li.H/c21-12-2-4-16(22)15(8-12)19-9-13(10-24-26-19)25-17-5-6-23-18-7-11(20(27)28)1-3-14(17)18;;/h1-10H,(H,27,28)(H,23,25,26);;/q;+1;-1. The number of aromatic nitrogens is 3. The van der Waals surface area contributed by atoms with Gasteiger partial charge in [-0.05, 0) is 48.5 Å². The monoisotopic (exact) mass is 402 g/mol. The van der Waals surface area contributed by atoms with Crippen LogP contribution in [-0.4, -0.2) is 26.3 Å². The van der Waals surface area contributed by atoms with Gasteiger partial charge < -0.3 is 11.8 Å². The van der Waals surface area contributed by atoms with Gasteiger partial charge in [-0.1, -0.05) is 11.6 Å². The summed E-state index contributed by atoms with van der Waals surface area (Å²) in [4.78, 5) is 15.4. The Kier molecular flexibility index (Phi) is 6.14. The van der Waals surface area contributed by atoms with Crippen molar-refractivity contribution in [1.29, 1.82) is 0 Å². The molecule has 4 rings (SSSR count). The third kappa shape index (κ3) is 4.38. The van der Waals surface area contributed by atoms with E-state index in [0.717, 1.165) is 5.39 Å². The molecule has 0 bridgehead atoms. The zero-order valence-corrected chi connectivity index (χ0v) is 16.0. The van der Waals surface area contributed by atoms with E-state index >= 15 is 0 Å². The van der Waals surface area contributed by atoms with Gasteiger partial charge in [0.2, 0.25) is 0 Å². The first kappa shape index (κ1) is 20.7. The van der Waals surface area contributed by atoms with Crippen molar-refractivity contribution in [1.82, 2.24) is 15.2 Å². The average molecular weight is 403 g/mol. The normalized spacial score (nSPS) is 10.4. The van der Waals surface area contributed by atoms with Crippen LogP contribution in [0.15, 0.2) is 60.9 Å². The Hall–Kier alpha value is -2.98. The maximum absolute atomic E-state index is 14.1. The summed E-state index contributed by atoms with van der Waals surface area (Å²) < 4.78 is 14.1. The van der Waals surface area contributed by atoms with Gasteiger partial charge in [0.15, 0.2) is 0 Å². The summed E-state index contributed by atoms with van der Waals surface area (Å²) in [7, 11) is 0. The topological polar surface area (TPSA) is 88.0 Å². The molecule has 0 aliphatic carbocycles. The number of carboxylic acids is 1. The summed E-state index contributed by atoms with van der Waals surface area (Å²) in [5, 5.41) is 21.4. The van der Waals surface area contributed by atoms with Crippen molar-refractivity contribution < 1.29 is 34.6 Å². The van der Waals surface area contributed by atoms with Gasteiger partial charge in [0.25, 0.3) is 0 Å². The second-order valence-electron chi connectivity index (χ2n) is 5.97. The Labute approximate surface area is 183 Å². The van der Waals surface area contributed by atoms with Crippen molar-refractivity contribution >= 4 is 39.8 Å². The fraction of sp³-hybridized carbons (Fsp3) is 0. The van der Waals surface area contributed by atoms with Gasteiger partial charge in [0.1, 0.15) is 5.82 Å². The van der Waals surface area contributed by atoms with Gasteiger partial charge >= 0.3 is 24.8 Å². The third-order valence-electron chi connectivity index (χ3n) is 4.13. The predicted molar refractivity (Wildman–Crippen MR) is 106 cm³/mol. The second kappa shape index (κ2) is 8.58. The molecular weight excluding hydrogens is 390 g/mol. The van der Waals surface area contributed by atoms with Crippen LogP contribution in [0, 0.1) is 5.82 Å². The van der Waals surface area contributed by atoms with Gasteiger partial charge in [-0.2, -0.15) is 10.2 Å².